The summed E-state index contributed by atoms with van der Waals surface area (Å²) in [5, 5.41) is 12.5. The molecule has 23 heavy (non-hydrogen) atoms. The lowest BCUT2D eigenvalue weighted by Gasteiger charge is -2.19. The summed E-state index contributed by atoms with van der Waals surface area (Å²) in [6, 6.07) is 12.6. The normalized spacial score (nSPS) is 13.7. The maximum absolute atomic E-state index is 13.7. The predicted octanol–water partition coefficient (Wildman–Crippen LogP) is 4.05. The van der Waals surface area contributed by atoms with Crippen LogP contribution in [0.25, 0.3) is 0 Å². The smallest absolute Gasteiger partial charge is 0.167 e. The van der Waals surface area contributed by atoms with Crippen LogP contribution in [0.5, 0.6) is 5.75 Å². The lowest BCUT2D eigenvalue weighted by molar-refractivity contribution is 0.386. The molecule has 1 aliphatic heterocycles. The van der Waals surface area contributed by atoms with E-state index in [1.54, 1.807) is 18.2 Å². The Labute approximate surface area is 135 Å². The van der Waals surface area contributed by atoms with Crippen molar-refractivity contribution in [2.24, 2.45) is 0 Å². The molecule has 118 valence electrons. The monoisotopic (exact) mass is 311 g/mol. The molecular formula is C18H18FN3O. The Morgan fingerprint density at radius 3 is 2.48 bits per heavy atom. The van der Waals surface area contributed by atoms with Crippen molar-refractivity contribution in [1.29, 1.82) is 5.26 Å². The van der Waals surface area contributed by atoms with Crippen LogP contribution in [0, 0.1) is 17.1 Å². The summed E-state index contributed by atoms with van der Waals surface area (Å²) in [4.78, 5) is 2.23. The summed E-state index contributed by atoms with van der Waals surface area (Å²) in [5.41, 5.74) is 2.97. The molecule has 1 fully saturated rings. The zero-order valence-corrected chi connectivity index (χ0v) is 13.0. The van der Waals surface area contributed by atoms with Gasteiger partial charge in [0.05, 0.1) is 18.4 Å². The minimum Gasteiger partial charge on any atom is -0.494 e. The average molecular weight is 311 g/mol. The molecule has 0 bridgehead atoms. The van der Waals surface area contributed by atoms with Gasteiger partial charge in [-0.25, -0.2) is 4.39 Å². The van der Waals surface area contributed by atoms with Gasteiger partial charge < -0.3 is 15.0 Å². The first-order valence-electron chi connectivity index (χ1n) is 7.61. The summed E-state index contributed by atoms with van der Waals surface area (Å²) in [6.07, 6.45) is 2.33. The fourth-order valence-corrected chi connectivity index (χ4v) is 2.85. The molecule has 0 aromatic heterocycles. The van der Waals surface area contributed by atoms with E-state index in [0.29, 0.717) is 11.3 Å². The summed E-state index contributed by atoms with van der Waals surface area (Å²) < 4.78 is 18.7. The number of rotatable bonds is 4. The molecule has 1 heterocycles. The molecule has 1 saturated heterocycles. The Balaban J connectivity index is 1.83. The summed E-state index contributed by atoms with van der Waals surface area (Å²) in [6.45, 7) is 1.98. The van der Waals surface area contributed by atoms with Crippen LogP contribution in [0.4, 0.5) is 21.5 Å². The van der Waals surface area contributed by atoms with Gasteiger partial charge in [0.25, 0.3) is 0 Å². The molecule has 1 aliphatic rings. The van der Waals surface area contributed by atoms with Gasteiger partial charge in [0, 0.05) is 30.5 Å². The maximum Gasteiger partial charge on any atom is 0.167 e. The molecule has 0 radical (unpaired) electrons. The Kier molecular flexibility index (Phi) is 4.33. The Hall–Kier alpha value is -2.74. The van der Waals surface area contributed by atoms with Gasteiger partial charge >= 0.3 is 0 Å². The van der Waals surface area contributed by atoms with Gasteiger partial charge in [0.1, 0.15) is 6.07 Å². The van der Waals surface area contributed by atoms with E-state index in [1.165, 1.54) is 13.2 Å². The third-order valence-electron chi connectivity index (χ3n) is 4.00. The lowest BCUT2D eigenvalue weighted by atomic mass is 10.1. The highest BCUT2D eigenvalue weighted by molar-refractivity contribution is 5.69. The van der Waals surface area contributed by atoms with Crippen molar-refractivity contribution >= 4 is 17.1 Å². The zero-order chi connectivity index (χ0) is 16.2. The number of nitriles is 1. The minimum absolute atomic E-state index is 0.206. The highest BCUT2D eigenvalue weighted by atomic mass is 19.1. The first kappa shape index (κ1) is 15.2. The van der Waals surface area contributed by atoms with Crippen LogP contribution in [0.3, 0.4) is 0 Å². The Morgan fingerprint density at radius 2 is 1.83 bits per heavy atom. The van der Waals surface area contributed by atoms with E-state index < -0.39 is 5.82 Å². The standard InChI is InChI=1S/C18H18FN3O/c1-23-18-7-5-15(11-16(18)19)21-14-4-6-17(13(10-14)12-20)22-8-2-3-9-22/h4-7,10-11,21H,2-3,8-9H2,1H3. The van der Waals surface area contributed by atoms with Crippen molar-refractivity contribution in [2.45, 2.75) is 12.8 Å². The number of hydrogen-bond donors (Lipinski definition) is 1. The van der Waals surface area contributed by atoms with Gasteiger partial charge in [-0.3, -0.25) is 0 Å². The van der Waals surface area contributed by atoms with E-state index in [-0.39, 0.29) is 5.75 Å². The van der Waals surface area contributed by atoms with Gasteiger partial charge in [-0.05, 0) is 43.2 Å². The zero-order valence-electron chi connectivity index (χ0n) is 13.0. The lowest BCUT2D eigenvalue weighted by Crippen LogP contribution is -2.18. The number of anilines is 3. The van der Waals surface area contributed by atoms with Gasteiger partial charge in [0.15, 0.2) is 11.6 Å². The molecule has 0 atom stereocenters. The van der Waals surface area contributed by atoms with Crippen LogP contribution >= 0.6 is 0 Å². The third-order valence-corrected chi connectivity index (χ3v) is 4.00. The van der Waals surface area contributed by atoms with Gasteiger partial charge in [-0.15, -0.1) is 0 Å². The number of methoxy groups -OCH3 is 1. The molecule has 1 N–H and O–H groups in total. The Bertz CT molecular complexity index is 748. The molecule has 2 aromatic carbocycles. The highest BCUT2D eigenvalue weighted by Crippen LogP contribution is 2.29. The SMILES string of the molecule is COc1ccc(Nc2ccc(N3CCCC3)c(C#N)c2)cc1F. The number of hydrogen-bond acceptors (Lipinski definition) is 4. The fraction of sp³-hybridized carbons (Fsp3) is 0.278. The van der Waals surface area contributed by atoms with Crippen molar-refractivity contribution in [3.8, 4) is 11.8 Å². The second-order valence-electron chi connectivity index (χ2n) is 5.51. The van der Waals surface area contributed by atoms with Crippen LogP contribution in [-0.4, -0.2) is 20.2 Å². The number of halogens is 1. The highest BCUT2D eigenvalue weighted by Gasteiger charge is 2.16. The molecule has 0 amide bonds. The van der Waals surface area contributed by atoms with Crippen molar-refractivity contribution in [2.75, 3.05) is 30.4 Å². The average Bonchev–Trinajstić information content (AvgIpc) is 3.09. The molecule has 4 nitrogen and oxygen atoms in total. The van der Waals surface area contributed by atoms with E-state index in [9.17, 15) is 9.65 Å². The topological polar surface area (TPSA) is 48.3 Å². The summed E-state index contributed by atoms with van der Waals surface area (Å²) in [5.74, 6) is -0.218. The minimum atomic E-state index is -0.424. The third kappa shape index (κ3) is 3.21. The summed E-state index contributed by atoms with van der Waals surface area (Å²) >= 11 is 0. The number of benzene rings is 2. The molecule has 0 saturated carbocycles. The first-order chi connectivity index (χ1) is 11.2. The molecule has 3 rings (SSSR count). The van der Waals surface area contributed by atoms with Crippen LogP contribution in [0.2, 0.25) is 0 Å². The van der Waals surface area contributed by atoms with Crippen LogP contribution < -0.4 is 15.0 Å². The van der Waals surface area contributed by atoms with Gasteiger partial charge in [-0.1, -0.05) is 0 Å². The van der Waals surface area contributed by atoms with Gasteiger partial charge in [0.2, 0.25) is 0 Å². The Morgan fingerprint density at radius 1 is 1.13 bits per heavy atom. The van der Waals surface area contributed by atoms with E-state index in [0.717, 1.165) is 37.3 Å². The molecule has 2 aromatic rings. The molecule has 0 unspecified atom stereocenters. The number of nitrogens with one attached hydrogen (secondary N) is 1. The van der Waals surface area contributed by atoms with Crippen molar-refractivity contribution < 1.29 is 9.13 Å². The van der Waals surface area contributed by atoms with Crippen LogP contribution in [0.1, 0.15) is 18.4 Å². The van der Waals surface area contributed by atoms with E-state index in [2.05, 4.69) is 16.3 Å². The van der Waals surface area contributed by atoms with E-state index >= 15 is 0 Å². The molecule has 0 aliphatic carbocycles. The number of nitrogens with zero attached hydrogens (tertiary/aromatic N) is 2. The molecule has 5 heteroatoms. The van der Waals surface area contributed by atoms with Gasteiger partial charge in [-0.2, -0.15) is 5.26 Å². The quantitative estimate of drug-likeness (QED) is 0.925. The predicted molar refractivity (Wildman–Crippen MR) is 88.8 cm³/mol. The van der Waals surface area contributed by atoms with Crippen molar-refractivity contribution in [3.05, 3.63) is 47.8 Å². The maximum atomic E-state index is 13.7. The van der Waals surface area contributed by atoms with Crippen LogP contribution in [0.15, 0.2) is 36.4 Å². The number of ether oxygens (including phenoxy) is 1. The molecule has 0 spiro atoms. The fourth-order valence-electron chi connectivity index (χ4n) is 2.85. The van der Waals surface area contributed by atoms with Crippen molar-refractivity contribution in [1.82, 2.24) is 0 Å². The first-order valence-corrected chi connectivity index (χ1v) is 7.61. The van der Waals surface area contributed by atoms with Crippen molar-refractivity contribution in [3.63, 3.8) is 0 Å². The van der Waals surface area contributed by atoms with E-state index in [1.807, 2.05) is 12.1 Å². The molecular weight excluding hydrogens is 293 g/mol. The largest absolute Gasteiger partial charge is 0.494 e. The second kappa shape index (κ2) is 6.57. The summed E-state index contributed by atoms with van der Waals surface area (Å²) in [7, 11) is 1.43. The van der Waals surface area contributed by atoms with E-state index in [4.69, 9.17) is 4.74 Å². The van der Waals surface area contributed by atoms with Crippen LogP contribution in [-0.2, 0) is 0 Å². The second-order valence-corrected chi connectivity index (χ2v) is 5.51.